The summed E-state index contributed by atoms with van der Waals surface area (Å²) in [5, 5.41) is 21.2. The summed E-state index contributed by atoms with van der Waals surface area (Å²) in [4.78, 5) is 23.4. The van der Waals surface area contributed by atoms with Gasteiger partial charge in [-0.2, -0.15) is 0 Å². The summed E-state index contributed by atoms with van der Waals surface area (Å²) in [5.41, 5.74) is 0.756. The number of aliphatic carboxylic acids is 1. The summed E-state index contributed by atoms with van der Waals surface area (Å²) >= 11 is 0. The molecule has 5 nitrogen and oxygen atoms in total. The van der Waals surface area contributed by atoms with E-state index in [1.165, 1.54) is 37.8 Å². The van der Waals surface area contributed by atoms with Gasteiger partial charge in [-0.25, -0.2) is 4.79 Å². The molecule has 0 aromatic heterocycles. The van der Waals surface area contributed by atoms with Crippen molar-refractivity contribution in [2.45, 2.75) is 83.6 Å². The first-order valence-corrected chi connectivity index (χ1v) is 10.5. The van der Waals surface area contributed by atoms with Crippen molar-refractivity contribution in [3.05, 3.63) is 42.0 Å². The molecule has 1 amide bonds. The molecule has 1 aromatic carbocycles. The van der Waals surface area contributed by atoms with Gasteiger partial charge in [-0.15, -0.1) is 0 Å². The predicted molar refractivity (Wildman–Crippen MR) is 112 cm³/mol. The van der Waals surface area contributed by atoms with Gasteiger partial charge in [0.1, 0.15) is 11.8 Å². The van der Waals surface area contributed by atoms with E-state index < -0.39 is 12.0 Å². The molecule has 28 heavy (non-hydrogen) atoms. The van der Waals surface area contributed by atoms with Crippen molar-refractivity contribution in [2.75, 3.05) is 0 Å². The topological polar surface area (TPSA) is 86.6 Å². The fraction of sp³-hybridized carbons (Fsp3) is 0.565. The van der Waals surface area contributed by atoms with Crippen molar-refractivity contribution in [1.82, 2.24) is 5.32 Å². The third kappa shape index (κ3) is 11.4. The number of benzene rings is 1. The summed E-state index contributed by atoms with van der Waals surface area (Å²) in [6.07, 6.45) is 15.1. The van der Waals surface area contributed by atoms with Gasteiger partial charge in [0.25, 0.3) is 0 Å². The molecule has 0 unspecified atom stereocenters. The smallest absolute Gasteiger partial charge is 0.326 e. The first-order chi connectivity index (χ1) is 13.5. The molecule has 0 spiro atoms. The summed E-state index contributed by atoms with van der Waals surface area (Å²) in [6.45, 7) is 2.22. The van der Waals surface area contributed by atoms with Crippen LogP contribution in [-0.2, 0) is 16.0 Å². The second-order valence-corrected chi connectivity index (χ2v) is 7.25. The lowest BCUT2D eigenvalue weighted by Gasteiger charge is -2.14. The largest absolute Gasteiger partial charge is 0.508 e. The maximum Gasteiger partial charge on any atom is 0.326 e. The number of phenolic OH excluding ortho intramolecular Hbond substituents is 1. The number of allylic oxidation sites excluding steroid dienone is 2. The number of carboxylic acid groups (broad SMARTS) is 1. The van der Waals surface area contributed by atoms with Gasteiger partial charge in [0.2, 0.25) is 5.91 Å². The Hall–Kier alpha value is -2.30. The van der Waals surface area contributed by atoms with Crippen LogP contribution in [0.3, 0.4) is 0 Å². The highest BCUT2D eigenvalue weighted by Gasteiger charge is 2.20. The second kappa shape index (κ2) is 14.7. The van der Waals surface area contributed by atoms with Gasteiger partial charge in [-0.1, -0.05) is 56.9 Å². The molecule has 0 aliphatic heterocycles. The van der Waals surface area contributed by atoms with Crippen LogP contribution in [0.5, 0.6) is 5.75 Å². The number of carboxylic acids is 1. The fourth-order valence-corrected chi connectivity index (χ4v) is 2.98. The Bertz CT molecular complexity index is 595. The minimum Gasteiger partial charge on any atom is -0.508 e. The van der Waals surface area contributed by atoms with E-state index in [1.54, 1.807) is 12.1 Å². The first kappa shape index (κ1) is 23.7. The van der Waals surface area contributed by atoms with Crippen LogP contribution in [0.25, 0.3) is 0 Å². The standard InChI is InChI=1S/C23H35NO4/c1-2-3-4-5-6-7-8-9-10-11-12-13-22(26)24-21(23(27)28)18-19-14-16-20(25)17-15-19/h7-8,14-17,21,25H,2-6,9-13,18H2,1H3,(H,24,26)(H,27,28)/b8-7-/t21-/m0/s1. The van der Waals surface area contributed by atoms with Crippen molar-refractivity contribution in [1.29, 1.82) is 0 Å². The number of hydrogen-bond acceptors (Lipinski definition) is 3. The zero-order chi connectivity index (χ0) is 20.6. The molecular weight excluding hydrogens is 354 g/mol. The van der Waals surface area contributed by atoms with Crippen molar-refractivity contribution < 1.29 is 19.8 Å². The lowest BCUT2D eigenvalue weighted by molar-refractivity contribution is -0.141. The molecule has 0 bridgehead atoms. The van der Waals surface area contributed by atoms with Gasteiger partial charge in [0.05, 0.1) is 0 Å². The van der Waals surface area contributed by atoms with Crippen molar-refractivity contribution >= 4 is 11.9 Å². The average Bonchev–Trinajstić information content (AvgIpc) is 2.67. The third-order valence-electron chi connectivity index (χ3n) is 4.68. The van der Waals surface area contributed by atoms with Crippen LogP contribution in [0, 0.1) is 0 Å². The van der Waals surface area contributed by atoms with E-state index >= 15 is 0 Å². The second-order valence-electron chi connectivity index (χ2n) is 7.25. The van der Waals surface area contributed by atoms with Crippen LogP contribution >= 0.6 is 0 Å². The minimum absolute atomic E-state index is 0.131. The van der Waals surface area contributed by atoms with E-state index in [2.05, 4.69) is 24.4 Å². The highest BCUT2D eigenvalue weighted by Crippen LogP contribution is 2.12. The number of phenols is 1. The lowest BCUT2D eigenvalue weighted by Crippen LogP contribution is -2.42. The molecule has 156 valence electrons. The molecule has 0 aliphatic rings. The van der Waals surface area contributed by atoms with Crippen LogP contribution in [0.1, 0.15) is 76.7 Å². The first-order valence-electron chi connectivity index (χ1n) is 10.5. The molecule has 1 atom stereocenters. The number of carbonyl (C=O) groups is 2. The number of hydrogen-bond donors (Lipinski definition) is 3. The Balaban J connectivity index is 2.17. The van der Waals surface area contributed by atoms with Crippen LogP contribution in [0.15, 0.2) is 36.4 Å². The number of amides is 1. The van der Waals surface area contributed by atoms with E-state index in [-0.39, 0.29) is 18.1 Å². The maximum absolute atomic E-state index is 12.0. The molecule has 0 aliphatic carbocycles. The van der Waals surface area contributed by atoms with E-state index in [4.69, 9.17) is 0 Å². The number of aromatic hydroxyl groups is 1. The summed E-state index contributed by atoms with van der Waals surface area (Å²) < 4.78 is 0. The molecule has 5 heteroatoms. The van der Waals surface area contributed by atoms with Gasteiger partial charge in [0.15, 0.2) is 0 Å². The van der Waals surface area contributed by atoms with Gasteiger partial charge in [-0.05, 0) is 49.8 Å². The van der Waals surface area contributed by atoms with E-state index in [9.17, 15) is 19.8 Å². The molecule has 0 saturated heterocycles. The van der Waals surface area contributed by atoms with E-state index in [0.717, 1.165) is 37.7 Å². The SMILES string of the molecule is CCCCCC/C=C\CCCCCC(=O)N[C@@H](Cc1ccc(O)cc1)C(=O)O. The Morgan fingerprint density at radius 3 is 2.14 bits per heavy atom. The quantitative estimate of drug-likeness (QED) is 0.292. The van der Waals surface area contributed by atoms with Crippen LogP contribution < -0.4 is 5.32 Å². The summed E-state index contributed by atoms with van der Waals surface area (Å²) in [6, 6.07) is 5.39. The third-order valence-corrected chi connectivity index (χ3v) is 4.68. The summed E-state index contributed by atoms with van der Waals surface area (Å²) in [5.74, 6) is -1.14. The highest BCUT2D eigenvalue weighted by atomic mass is 16.4. The summed E-state index contributed by atoms with van der Waals surface area (Å²) in [7, 11) is 0. The Labute approximate surface area is 168 Å². The number of rotatable bonds is 15. The molecule has 3 N–H and O–H groups in total. The number of carbonyl (C=O) groups excluding carboxylic acids is 1. The average molecular weight is 390 g/mol. The fourth-order valence-electron chi connectivity index (χ4n) is 2.98. The highest BCUT2D eigenvalue weighted by molar-refractivity contribution is 5.83. The Kier molecular flexibility index (Phi) is 12.5. The van der Waals surface area contributed by atoms with Crippen molar-refractivity contribution in [2.24, 2.45) is 0 Å². The molecule has 1 aromatic rings. The van der Waals surface area contributed by atoms with Gasteiger partial charge in [0, 0.05) is 12.8 Å². The predicted octanol–water partition coefficient (Wildman–Crippen LogP) is 4.98. The van der Waals surface area contributed by atoms with Crippen LogP contribution in [-0.4, -0.2) is 28.1 Å². The van der Waals surface area contributed by atoms with Gasteiger partial charge >= 0.3 is 5.97 Å². The zero-order valence-electron chi connectivity index (χ0n) is 17.0. The molecule has 0 saturated carbocycles. The minimum atomic E-state index is -1.05. The van der Waals surface area contributed by atoms with Crippen molar-refractivity contribution in [3.8, 4) is 5.75 Å². The van der Waals surface area contributed by atoms with Crippen LogP contribution in [0.4, 0.5) is 0 Å². The van der Waals surface area contributed by atoms with Gasteiger partial charge in [-0.3, -0.25) is 4.79 Å². The molecular formula is C23H35NO4. The Morgan fingerprint density at radius 2 is 1.57 bits per heavy atom. The molecule has 1 rings (SSSR count). The monoisotopic (exact) mass is 389 g/mol. The zero-order valence-corrected chi connectivity index (χ0v) is 17.0. The molecule has 0 radical (unpaired) electrons. The van der Waals surface area contributed by atoms with Crippen LogP contribution in [0.2, 0.25) is 0 Å². The van der Waals surface area contributed by atoms with Crippen molar-refractivity contribution in [3.63, 3.8) is 0 Å². The van der Waals surface area contributed by atoms with E-state index in [0.29, 0.717) is 6.42 Å². The Morgan fingerprint density at radius 1 is 0.964 bits per heavy atom. The number of nitrogens with one attached hydrogen (secondary N) is 1. The number of unbranched alkanes of at least 4 members (excludes halogenated alkanes) is 7. The maximum atomic E-state index is 12.0. The lowest BCUT2D eigenvalue weighted by atomic mass is 10.1. The normalized spacial score (nSPS) is 12.2. The molecule has 0 heterocycles. The molecule has 0 fully saturated rings. The van der Waals surface area contributed by atoms with E-state index in [1.807, 2.05) is 0 Å². The van der Waals surface area contributed by atoms with Gasteiger partial charge < -0.3 is 15.5 Å².